The maximum absolute atomic E-state index is 13.2. The predicted molar refractivity (Wildman–Crippen MR) is 48.7 cm³/mol. The fourth-order valence-corrected chi connectivity index (χ4v) is 1.24. The van der Waals surface area contributed by atoms with Gasteiger partial charge in [0.2, 0.25) is 0 Å². The second-order valence-electron chi connectivity index (χ2n) is 2.73. The Morgan fingerprint density at radius 3 is 2.62 bits per heavy atom. The highest BCUT2D eigenvalue weighted by molar-refractivity contribution is 6.30. The second-order valence-corrected chi connectivity index (χ2v) is 3.10. The Labute approximate surface area is 80.5 Å². The molecule has 1 aromatic rings. The smallest absolute Gasteiger partial charge is 0.147 e. The van der Waals surface area contributed by atoms with Gasteiger partial charge in [-0.2, -0.15) is 0 Å². The molecule has 0 aliphatic carbocycles. The number of hydrogen-bond donors (Lipinski definition) is 1. The fraction of sp³-hybridized carbons (Fsp3) is 0.333. The highest BCUT2D eigenvalue weighted by atomic mass is 35.5. The van der Waals surface area contributed by atoms with E-state index >= 15 is 0 Å². The van der Waals surface area contributed by atoms with Gasteiger partial charge in [0, 0.05) is 0 Å². The lowest BCUT2D eigenvalue weighted by Crippen LogP contribution is -2.02. The topological polar surface area (TPSA) is 26.0 Å². The number of hydrogen-bond acceptors (Lipinski definition) is 1. The van der Waals surface area contributed by atoms with E-state index in [1.165, 1.54) is 6.07 Å². The summed E-state index contributed by atoms with van der Waals surface area (Å²) in [6.07, 6.45) is 1.15. The van der Waals surface area contributed by atoms with Crippen molar-refractivity contribution in [3.63, 3.8) is 0 Å². The maximum Gasteiger partial charge on any atom is 0.147 e. The van der Waals surface area contributed by atoms with Gasteiger partial charge < -0.3 is 5.73 Å². The summed E-state index contributed by atoms with van der Waals surface area (Å²) in [7, 11) is 0. The number of benzene rings is 1. The molecular formula is C9H10ClF2N. The first-order chi connectivity index (χ1) is 6.16. The van der Waals surface area contributed by atoms with Crippen LogP contribution in [0.1, 0.15) is 12.0 Å². The van der Waals surface area contributed by atoms with Crippen molar-refractivity contribution in [2.45, 2.75) is 12.8 Å². The highest BCUT2D eigenvalue weighted by Crippen LogP contribution is 2.22. The van der Waals surface area contributed by atoms with Gasteiger partial charge in [-0.3, -0.25) is 0 Å². The SMILES string of the molecule is NCCCc1ccc(F)c(Cl)c1F. The van der Waals surface area contributed by atoms with Gasteiger partial charge in [-0.05, 0) is 31.0 Å². The van der Waals surface area contributed by atoms with E-state index in [1.807, 2.05) is 0 Å². The summed E-state index contributed by atoms with van der Waals surface area (Å²) < 4.78 is 25.9. The minimum Gasteiger partial charge on any atom is -0.330 e. The Kier molecular flexibility index (Phi) is 3.63. The zero-order valence-electron chi connectivity index (χ0n) is 6.99. The van der Waals surface area contributed by atoms with E-state index < -0.39 is 16.7 Å². The van der Waals surface area contributed by atoms with Crippen LogP contribution in [0.15, 0.2) is 12.1 Å². The average molecular weight is 206 g/mol. The lowest BCUT2D eigenvalue weighted by Gasteiger charge is -2.03. The predicted octanol–water partition coefficient (Wildman–Crippen LogP) is 2.51. The summed E-state index contributed by atoms with van der Waals surface area (Å²) >= 11 is 5.38. The lowest BCUT2D eigenvalue weighted by atomic mass is 10.1. The number of aryl methyl sites for hydroxylation is 1. The quantitative estimate of drug-likeness (QED) is 0.754. The molecule has 4 heteroatoms. The zero-order valence-corrected chi connectivity index (χ0v) is 7.74. The first kappa shape index (κ1) is 10.4. The third-order valence-electron chi connectivity index (χ3n) is 1.77. The van der Waals surface area contributed by atoms with Crippen molar-refractivity contribution in [2.24, 2.45) is 5.73 Å². The van der Waals surface area contributed by atoms with Gasteiger partial charge in [-0.1, -0.05) is 17.7 Å². The Morgan fingerprint density at radius 1 is 1.31 bits per heavy atom. The molecule has 72 valence electrons. The normalized spacial score (nSPS) is 10.5. The molecule has 0 heterocycles. The maximum atomic E-state index is 13.2. The van der Waals surface area contributed by atoms with E-state index in [4.69, 9.17) is 17.3 Å². The second kappa shape index (κ2) is 4.53. The lowest BCUT2D eigenvalue weighted by molar-refractivity contribution is 0.570. The Balaban J connectivity index is 2.90. The molecule has 0 aliphatic heterocycles. The molecule has 1 rings (SSSR count). The van der Waals surface area contributed by atoms with Crippen LogP contribution in [0.4, 0.5) is 8.78 Å². The van der Waals surface area contributed by atoms with Crippen molar-refractivity contribution in [3.8, 4) is 0 Å². The van der Waals surface area contributed by atoms with Gasteiger partial charge in [0.05, 0.1) is 0 Å². The molecule has 0 spiro atoms. The monoisotopic (exact) mass is 205 g/mol. The molecule has 0 radical (unpaired) electrons. The minimum absolute atomic E-state index is 0.414. The van der Waals surface area contributed by atoms with Crippen LogP contribution < -0.4 is 5.73 Å². The van der Waals surface area contributed by atoms with Gasteiger partial charge in [-0.15, -0.1) is 0 Å². The first-order valence-corrected chi connectivity index (χ1v) is 4.37. The van der Waals surface area contributed by atoms with Crippen molar-refractivity contribution in [1.29, 1.82) is 0 Å². The van der Waals surface area contributed by atoms with Gasteiger partial charge in [0.1, 0.15) is 16.7 Å². The van der Waals surface area contributed by atoms with Gasteiger partial charge in [0.25, 0.3) is 0 Å². The van der Waals surface area contributed by atoms with Crippen molar-refractivity contribution in [1.82, 2.24) is 0 Å². The molecule has 0 aromatic heterocycles. The van der Waals surface area contributed by atoms with Gasteiger partial charge >= 0.3 is 0 Å². The number of nitrogens with two attached hydrogens (primary N) is 1. The Hall–Kier alpha value is -0.670. The first-order valence-electron chi connectivity index (χ1n) is 3.99. The summed E-state index contributed by atoms with van der Waals surface area (Å²) in [5.41, 5.74) is 5.68. The van der Waals surface area contributed by atoms with Crippen LogP contribution >= 0.6 is 11.6 Å². The summed E-state index contributed by atoms with van der Waals surface area (Å²) in [6, 6.07) is 2.56. The average Bonchev–Trinajstić information content (AvgIpc) is 2.13. The summed E-state index contributed by atoms with van der Waals surface area (Å²) in [5.74, 6) is -1.40. The molecule has 2 N–H and O–H groups in total. The number of halogens is 3. The molecule has 0 aliphatic rings. The van der Waals surface area contributed by atoms with Gasteiger partial charge in [0.15, 0.2) is 0 Å². The van der Waals surface area contributed by atoms with Crippen LogP contribution in [0.2, 0.25) is 5.02 Å². The van der Waals surface area contributed by atoms with E-state index in [1.54, 1.807) is 0 Å². The third kappa shape index (κ3) is 2.39. The van der Waals surface area contributed by atoms with E-state index in [0.717, 1.165) is 6.07 Å². The van der Waals surface area contributed by atoms with Gasteiger partial charge in [-0.25, -0.2) is 8.78 Å². The molecule has 0 bridgehead atoms. The molecule has 0 saturated heterocycles. The molecule has 0 saturated carbocycles. The third-order valence-corrected chi connectivity index (χ3v) is 2.11. The van der Waals surface area contributed by atoms with Crippen molar-refractivity contribution in [2.75, 3.05) is 6.54 Å². The summed E-state index contributed by atoms with van der Waals surface area (Å²) in [5, 5.41) is -0.436. The van der Waals surface area contributed by atoms with Crippen LogP contribution in [0, 0.1) is 11.6 Å². The minimum atomic E-state index is -0.726. The molecule has 1 aromatic carbocycles. The Bertz CT molecular complexity index is 302. The molecule has 13 heavy (non-hydrogen) atoms. The van der Waals surface area contributed by atoms with Crippen LogP contribution in [-0.4, -0.2) is 6.54 Å². The van der Waals surface area contributed by atoms with Crippen LogP contribution in [-0.2, 0) is 6.42 Å². The summed E-state index contributed by atoms with van der Waals surface area (Å²) in [6.45, 7) is 0.481. The van der Waals surface area contributed by atoms with Crippen molar-refractivity contribution in [3.05, 3.63) is 34.4 Å². The van der Waals surface area contributed by atoms with Crippen molar-refractivity contribution < 1.29 is 8.78 Å². The molecule has 0 amide bonds. The van der Waals surface area contributed by atoms with Crippen LogP contribution in [0.25, 0.3) is 0 Å². The van der Waals surface area contributed by atoms with E-state index in [0.29, 0.717) is 24.9 Å². The standard InChI is InChI=1S/C9H10ClF2N/c10-8-7(11)4-3-6(9(8)12)2-1-5-13/h3-4H,1-2,5,13H2. The van der Waals surface area contributed by atoms with E-state index in [2.05, 4.69) is 0 Å². The largest absolute Gasteiger partial charge is 0.330 e. The zero-order chi connectivity index (χ0) is 9.84. The highest BCUT2D eigenvalue weighted by Gasteiger charge is 2.10. The Morgan fingerprint density at radius 2 is 2.00 bits per heavy atom. The van der Waals surface area contributed by atoms with E-state index in [-0.39, 0.29) is 0 Å². The van der Waals surface area contributed by atoms with Crippen LogP contribution in [0.3, 0.4) is 0 Å². The molecule has 1 nitrogen and oxygen atoms in total. The fourth-order valence-electron chi connectivity index (χ4n) is 1.05. The summed E-state index contributed by atoms with van der Waals surface area (Å²) in [4.78, 5) is 0. The molecule has 0 fully saturated rings. The molecule has 0 atom stereocenters. The molecular weight excluding hydrogens is 196 g/mol. The van der Waals surface area contributed by atoms with Crippen LogP contribution in [0.5, 0.6) is 0 Å². The number of rotatable bonds is 3. The molecule has 0 unspecified atom stereocenters. The van der Waals surface area contributed by atoms with Crippen molar-refractivity contribution >= 4 is 11.6 Å². The van der Waals surface area contributed by atoms with E-state index in [9.17, 15) is 8.78 Å².